The van der Waals surface area contributed by atoms with Gasteiger partial charge in [0.1, 0.15) is 12.4 Å². The van der Waals surface area contributed by atoms with Gasteiger partial charge in [-0.2, -0.15) is 13.5 Å². The molecule has 138 valence electrons. The number of hydrazone groups is 1. The summed E-state index contributed by atoms with van der Waals surface area (Å²) in [5, 5.41) is 3.82. The quantitative estimate of drug-likeness (QED) is 0.499. The largest absolute Gasteiger partial charge is 0.489 e. The molecule has 0 aliphatic carbocycles. The van der Waals surface area contributed by atoms with Gasteiger partial charge in [-0.05, 0) is 54.4 Å². The Morgan fingerprint density at radius 3 is 2.26 bits per heavy atom. The number of benzene rings is 3. The highest BCUT2D eigenvalue weighted by Gasteiger charge is 2.10. The lowest BCUT2D eigenvalue weighted by molar-refractivity contribution is 0.306. The van der Waals surface area contributed by atoms with E-state index in [4.69, 9.17) is 4.74 Å². The summed E-state index contributed by atoms with van der Waals surface area (Å²) in [7, 11) is -3.65. The molecule has 0 spiro atoms. The Morgan fingerprint density at radius 1 is 0.926 bits per heavy atom. The van der Waals surface area contributed by atoms with Crippen molar-refractivity contribution in [2.45, 2.75) is 18.4 Å². The molecule has 1 N–H and O–H groups in total. The molecule has 0 bridgehead atoms. The molecular formula is C21H20N2O3S. The Balaban J connectivity index is 1.55. The van der Waals surface area contributed by atoms with Crippen molar-refractivity contribution < 1.29 is 13.2 Å². The summed E-state index contributed by atoms with van der Waals surface area (Å²) in [4.78, 5) is 2.37. The third kappa shape index (κ3) is 5.43. The van der Waals surface area contributed by atoms with Crippen molar-refractivity contribution in [3.05, 3.63) is 95.6 Å². The second-order valence-corrected chi connectivity index (χ2v) is 7.67. The monoisotopic (exact) mass is 380 g/mol. The SMILES string of the molecule is Cc1ccc(COc2ccc(C=NNS(=O)(=O)c3ccccc3)cc2)cc1. The first-order chi connectivity index (χ1) is 13.0. The van der Waals surface area contributed by atoms with Crippen molar-refractivity contribution in [2.24, 2.45) is 5.10 Å². The fraction of sp³-hybridized carbons (Fsp3) is 0.0952. The van der Waals surface area contributed by atoms with Crippen LogP contribution in [0.3, 0.4) is 0 Å². The number of rotatable bonds is 7. The van der Waals surface area contributed by atoms with E-state index in [-0.39, 0.29) is 4.90 Å². The Bertz CT molecular complexity index is 998. The van der Waals surface area contributed by atoms with Crippen LogP contribution < -0.4 is 9.57 Å². The minimum absolute atomic E-state index is 0.169. The molecule has 5 nitrogen and oxygen atoms in total. The molecule has 0 amide bonds. The fourth-order valence-corrected chi connectivity index (χ4v) is 3.14. The second kappa shape index (κ2) is 8.51. The molecule has 0 radical (unpaired) electrons. The van der Waals surface area contributed by atoms with Crippen molar-refractivity contribution in [1.82, 2.24) is 4.83 Å². The van der Waals surface area contributed by atoms with Crippen LogP contribution in [0.5, 0.6) is 5.75 Å². The van der Waals surface area contributed by atoms with Crippen LogP contribution >= 0.6 is 0 Å². The highest BCUT2D eigenvalue weighted by molar-refractivity contribution is 7.89. The average molecular weight is 380 g/mol. The van der Waals surface area contributed by atoms with E-state index in [1.165, 1.54) is 23.9 Å². The molecule has 0 heterocycles. The van der Waals surface area contributed by atoms with Gasteiger partial charge in [0.2, 0.25) is 0 Å². The van der Waals surface area contributed by atoms with Gasteiger partial charge in [0.25, 0.3) is 10.0 Å². The van der Waals surface area contributed by atoms with E-state index in [0.29, 0.717) is 6.61 Å². The second-order valence-electron chi connectivity index (χ2n) is 6.01. The third-order valence-electron chi connectivity index (χ3n) is 3.85. The maximum absolute atomic E-state index is 12.1. The zero-order valence-corrected chi connectivity index (χ0v) is 15.7. The molecule has 0 saturated carbocycles. The minimum atomic E-state index is -3.65. The molecule has 0 saturated heterocycles. The molecule has 3 aromatic carbocycles. The van der Waals surface area contributed by atoms with E-state index in [0.717, 1.165) is 16.9 Å². The van der Waals surface area contributed by atoms with E-state index < -0.39 is 10.0 Å². The smallest absolute Gasteiger partial charge is 0.276 e. The predicted octanol–water partition coefficient (Wildman–Crippen LogP) is 3.89. The van der Waals surface area contributed by atoms with Crippen molar-refractivity contribution >= 4 is 16.2 Å². The summed E-state index contributed by atoms with van der Waals surface area (Å²) in [6, 6.07) is 23.5. The average Bonchev–Trinajstić information content (AvgIpc) is 2.69. The van der Waals surface area contributed by atoms with Crippen LogP contribution in [0, 0.1) is 6.92 Å². The van der Waals surface area contributed by atoms with Gasteiger partial charge < -0.3 is 4.74 Å². The van der Waals surface area contributed by atoms with E-state index >= 15 is 0 Å². The number of aryl methyl sites for hydroxylation is 1. The lowest BCUT2D eigenvalue weighted by atomic mass is 10.2. The van der Waals surface area contributed by atoms with Crippen LogP contribution in [-0.2, 0) is 16.6 Å². The number of sulfonamides is 1. The van der Waals surface area contributed by atoms with Gasteiger partial charge in [-0.25, -0.2) is 4.83 Å². The predicted molar refractivity (Wildman–Crippen MR) is 106 cm³/mol. The number of nitrogens with zero attached hydrogens (tertiary/aromatic N) is 1. The van der Waals surface area contributed by atoms with Crippen LogP contribution in [0.4, 0.5) is 0 Å². The normalized spacial score (nSPS) is 11.4. The number of ether oxygens (including phenoxy) is 1. The first kappa shape index (κ1) is 18.7. The summed E-state index contributed by atoms with van der Waals surface area (Å²) in [6.45, 7) is 2.54. The molecular weight excluding hydrogens is 360 g/mol. The van der Waals surface area contributed by atoms with Gasteiger partial charge in [0.15, 0.2) is 0 Å². The van der Waals surface area contributed by atoms with Crippen LogP contribution in [-0.4, -0.2) is 14.6 Å². The Morgan fingerprint density at radius 2 is 1.59 bits per heavy atom. The maximum Gasteiger partial charge on any atom is 0.276 e. The first-order valence-corrected chi connectivity index (χ1v) is 9.89. The summed E-state index contributed by atoms with van der Waals surface area (Å²) in [5.74, 6) is 0.734. The first-order valence-electron chi connectivity index (χ1n) is 8.41. The number of hydrogen-bond acceptors (Lipinski definition) is 4. The molecule has 0 aliphatic rings. The lowest BCUT2D eigenvalue weighted by Crippen LogP contribution is -2.18. The van der Waals surface area contributed by atoms with Crippen LogP contribution in [0.15, 0.2) is 88.9 Å². The van der Waals surface area contributed by atoms with Gasteiger partial charge in [0, 0.05) is 0 Å². The molecule has 0 fully saturated rings. The lowest BCUT2D eigenvalue weighted by Gasteiger charge is -2.07. The third-order valence-corrected chi connectivity index (χ3v) is 5.08. The Labute approximate surface area is 159 Å². The maximum atomic E-state index is 12.1. The molecule has 6 heteroatoms. The zero-order valence-electron chi connectivity index (χ0n) is 14.9. The van der Waals surface area contributed by atoms with E-state index in [2.05, 4.69) is 22.1 Å². The Hall–Kier alpha value is -3.12. The van der Waals surface area contributed by atoms with E-state index in [9.17, 15) is 8.42 Å². The van der Waals surface area contributed by atoms with Crippen molar-refractivity contribution in [3.63, 3.8) is 0 Å². The molecule has 27 heavy (non-hydrogen) atoms. The van der Waals surface area contributed by atoms with Crippen molar-refractivity contribution in [1.29, 1.82) is 0 Å². The summed E-state index contributed by atoms with van der Waals surface area (Å²) in [5.41, 5.74) is 3.07. The van der Waals surface area contributed by atoms with Crippen LogP contribution in [0.2, 0.25) is 0 Å². The van der Waals surface area contributed by atoms with Crippen molar-refractivity contribution in [3.8, 4) is 5.75 Å². The molecule has 3 aromatic rings. The summed E-state index contributed by atoms with van der Waals surface area (Å²) < 4.78 is 29.9. The van der Waals surface area contributed by atoms with Crippen molar-refractivity contribution in [2.75, 3.05) is 0 Å². The number of nitrogens with one attached hydrogen (secondary N) is 1. The van der Waals surface area contributed by atoms with Gasteiger partial charge in [-0.3, -0.25) is 0 Å². The minimum Gasteiger partial charge on any atom is -0.489 e. The highest BCUT2D eigenvalue weighted by atomic mass is 32.2. The highest BCUT2D eigenvalue weighted by Crippen LogP contribution is 2.14. The van der Waals surface area contributed by atoms with E-state index in [1.807, 2.05) is 43.3 Å². The van der Waals surface area contributed by atoms with Crippen LogP contribution in [0.25, 0.3) is 0 Å². The zero-order chi connectivity index (χ0) is 19.1. The van der Waals surface area contributed by atoms with Crippen LogP contribution in [0.1, 0.15) is 16.7 Å². The summed E-state index contributed by atoms with van der Waals surface area (Å²) in [6.07, 6.45) is 1.45. The molecule has 0 unspecified atom stereocenters. The van der Waals surface area contributed by atoms with Gasteiger partial charge >= 0.3 is 0 Å². The topological polar surface area (TPSA) is 67.8 Å². The molecule has 0 atom stereocenters. The standard InChI is InChI=1S/C21H20N2O3S/c1-17-7-9-19(10-8-17)16-26-20-13-11-18(12-14-20)15-22-23-27(24,25)21-5-3-2-4-6-21/h2-15,23H,16H2,1H3. The van der Waals surface area contributed by atoms with Gasteiger partial charge in [-0.15, -0.1) is 0 Å². The fourth-order valence-electron chi connectivity index (χ4n) is 2.32. The Kier molecular flexibility index (Phi) is 5.88. The van der Waals surface area contributed by atoms with Gasteiger partial charge in [0.05, 0.1) is 11.1 Å². The molecule has 3 rings (SSSR count). The summed E-state index contributed by atoms with van der Waals surface area (Å²) >= 11 is 0. The molecule has 0 aliphatic heterocycles. The number of hydrogen-bond donors (Lipinski definition) is 1. The van der Waals surface area contributed by atoms with E-state index in [1.54, 1.807) is 18.2 Å². The van der Waals surface area contributed by atoms with Gasteiger partial charge in [-0.1, -0.05) is 48.0 Å². The molecule has 0 aromatic heterocycles.